The highest BCUT2D eigenvalue weighted by atomic mass is 16.3. The number of fused-ring (bicyclic) bond motifs is 4. The summed E-state index contributed by atoms with van der Waals surface area (Å²) in [6.45, 7) is 2.28. The van der Waals surface area contributed by atoms with Gasteiger partial charge in [0.25, 0.3) is 0 Å². The largest absolute Gasteiger partial charge is 0.455 e. The van der Waals surface area contributed by atoms with Crippen LogP contribution in [0.2, 0.25) is 0 Å². The van der Waals surface area contributed by atoms with Gasteiger partial charge in [-0.25, -0.2) is 0 Å². The van der Waals surface area contributed by atoms with Crippen LogP contribution in [0.15, 0.2) is 199 Å². The summed E-state index contributed by atoms with van der Waals surface area (Å²) in [6, 6.07) is 66.8. The molecule has 0 aliphatic heterocycles. The molecule has 1 aromatic heterocycles. The Morgan fingerprint density at radius 1 is 0.482 bits per heavy atom. The Morgan fingerprint density at radius 3 is 2.09 bits per heavy atom. The van der Waals surface area contributed by atoms with Crippen LogP contribution in [0.1, 0.15) is 18.1 Å². The lowest BCUT2D eigenvalue weighted by Gasteiger charge is -2.33. The molecule has 0 saturated heterocycles. The number of hydrogen-bond donors (Lipinski definition) is 2. The van der Waals surface area contributed by atoms with Gasteiger partial charge in [0.1, 0.15) is 11.2 Å². The second-order valence-corrected chi connectivity index (χ2v) is 15.0. The molecule has 1 unspecified atom stereocenters. The standard InChI is InChI=1S/C53H40N2O/c1-53(31-30-37-16-5-6-17-42(37)35-53)55-50-26-9-7-22-44(50)41-20-11-18-38(32-41)40-28-29-49(54-43-21-12-19-39(33-43)36-14-3-2-4-15-36)48(34-40)47-25-13-24-46-45-23-8-10-27-51(45)56-52(46)47/h2-34,54-55H,35H2,1H3. The normalized spacial score (nSPS) is 14.8. The Hall–Kier alpha value is -7.10. The monoisotopic (exact) mass is 720 g/mol. The maximum absolute atomic E-state index is 6.61. The third-order valence-electron chi connectivity index (χ3n) is 11.1. The number of para-hydroxylation sites is 3. The smallest absolute Gasteiger partial charge is 0.143 e. The van der Waals surface area contributed by atoms with Gasteiger partial charge in [-0.2, -0.15) is 0 Å². The summed E-state index contributed by atoms with van der Waals surface area (Å²) in [5.74, 6) is 0. The fourth-order valence-corrected chi connectivity index (χ4v) is 8.27. The predicted molar refractivity (Wildman–Crippen MR) is 236 cm³/mol. The van der Waals surface area contributed by atoms with Gasteiger partial charge in [0.15, 0.2) is 0 Å². The predicted octanol–water partition coefficient (Wildman–Crippen LogP) is 14.4. The molecule has 0 radical (unpaired) electrons. The molecule has 2 N–H and O–H groups in total. The zero-order valence-corrected chi connectivity index (χ0v) is 31.2. The summed E-state index contributed by atoms with van der Waals surface area (Å²) in [5, 5.41) is 9.94. The minimum Gasteiger partial charge on any atom is -0.455 e. The summed E-state index contributed by atoms with van der Waals surface area (Å²) in [7, 11) is 0. The maximum Gasteiger partial charge on any atom is 0.143 e. The van der Waals surface area contributed by atoms with Crippen molar-refractivity contribution in [3.63, 3.8) is 0 Å². The number of anilines is 3. The maximum atomic E-state index is 6.61. The lowest BCUT2D eigenvalue weighted by molar-refractivity contribution is 0.627. The van der Waals surface area contributed by atoms with Gasteiger partial charge in [-0.1, -0.05) is 158 Å². The van der Waals surface area contributed by atoms with Crippen LogP contribution in [0.5, 0.6) is 0 Å². The van der Waals surface area contributed by atoms with E-state index < -0.39 is 0 Å². The lowest BCUT2D eigenvalue weighted by Crippen LogP contribution is -2.36. The Balaban J connectivity index is 1.05. The molecule has 3 heteroatoms. The van der Waals surface area contributed by atoms with Crippen LogP contribution in [-0.2, 0) is 6.42 Å². The molecule has 1 aliphatic carbocycles. The first-order chi connectivity index (χ1) is 27.6. The van der Waals surface area contributed by atoms with Crippen LogP contribution in [0, 0.1) is 0 Å². The minimum absolute atomic E-state index is 0.210. The van der Waals surface area contributed by atoms with Crippen LogP contribution in [-0.4, -0.2) is 5.54 Å². The Morgan fingerprint density at radius 2 is 1.16 bits per heavy atom. The Kier molecular flexibility index (Phi) is 8.34. The van der Waals surface area contributed by atoms with E-state index in [0.29, 0.717) is 0 Å². The van der Waals surface area contributed by atoms with E-state index in [2.05, 4.69) is 206 Å². The van der Waals surface area contributed by atoms with E-state index in [-0.39, 0.29) is 5.54 Å². The number of nitrogens with one attached hydrogen (secondary N) is 2. The molecular formula is C53H40N2O. The summed E-state index contributed by atoms with van der Waals surface area (Å²) in [6.07, 6.45) is 5.48. The second-order valence-electron chi connectivity index (χ2n) is 15.0. The van der Waals surface area contributed by atoms with E-state index in [4.69, 9.17) is 4.42 Å². The molecule has 0 amide bonds. The average Bonchev–Trinajstić information content (AvgIpc) is 3.64. The molecule has 268 valence electrons. The third-order valence-corrected chi connectivity index (χ3v) is 11.1. The molecule has 0 spiro atoms. The highest BCUT2D eigenvalue weighted by molar-refractivity contribution is 6.10. The van der Waals surface area contributed by atoms with Crippen molar-refractivity contribution >= 4 is 45.1 Å². The van der Waals surface area contributed by atoms with Crippen molar-refractivity contribution in [1.29, 1.82) is 0 Å². The second kappa shape index (κ2) is 14.0. The molecule has 9 aromatic rings. The van der Waals surface area contributed by atoms with Crippen molar-refractivity contribution < 1.29 is 4.42 Å². The quantitative estimate of drug-likeness (QED) is 0.164. The van der Waals surface area contributed by atoms with Crippen molar-refractivity contribution in [2.75, 3.05) is 10.6 Å². The molecule has 0 saturated carbocycles. The Labute approximate surface area is 327 Å². The van der Waals surface area contributed by atoms with Crippen LogP contribution in [0.3, 0.4) is 0 Å². The van der Waals surface area contributed by atoms with E-state index in [1.165, 1.54) is 22.3 Å². The highest BCUT2D eigenvalue weighted by Crippen LogP contribution is 2.42. The van der Waals surface area contributed by atoms with E-state index in [1.807, 2.05) is 12.1 Å². The van der Waals surface area contributed by atoms with Crippen molar-refractivity contribution in [2.45, 2.75) is 18.9 Å². The molecule has 0 fully saturated rings. The van der Waals surface area contributed by atoms with Gasteiger partial charge in [0.05, 0.1) is 5.54 Å². The van der Waals surface area contributed by atoms with E-state index in [1.54, 1.807) is 0 Å². The molecular weight excluding hydrogens is 681 g/mol. The fraction of sp³-hybridized carbons (Fsp3) is 0.0566. The first-order valence-electron chi connectivity index (χ1n) is 19.3. The van der Waals surface area contributed by atoms with Crippen LogP contribution in [0.25, 0.3) is 72.5 Å². The van der Waals surface area contributed by atoms with Gasteiger partial charge in [-0.3, -0.25) is 0 Å². The van der Waals surface area contributed by atoms with Gasteiger partial charge in [-0.05, 0) is 94.8 Å². The molecule has 3 nitrogen and oxygen atoms in total. The van der Waals surface area contributed by atoms with E-state index in [0.717, 1.165) is 78.8 Å². The molecule has 56 heavy (non-hydrogen) atoms. The first kappa shape index (κ1) is 33.5. The number of furan rings is 1. The molecule has 1 heterocycles. The third kappa shape index (κ3) is 6.33. The van der Waals surface area contributed by atoms with Crippen LogP contribution >= 0.6 is 0 Å². The number of benzene rings is 8. The molecule has 10 rings (SSSR count). The van der Waals surface area contributed by atoms with Crippen LogP contribution < -0.4 is 10.6 Å². The first-order valence-corrected chi connectivity index (χ1v) is 19.3. The van der Waals surface area contributed by atoms with Gasteiger partial charge < -0.3 is 15.1 Å². The fourth-order valence-electron chi connectivity index (χ4n) is 8.27. The zero-order valence-electron chi connectivity index (χ0n) is 31.2. The lowest BCUT2D eigenvalue weighted by atomic mass is 9.84. The van der Waals surface area contributed by atoms with Gasteiger partial charge >= 0.3 is 0 Å². The van der Waals surface area contributed by atoms with Gasteiger partial charge in [-0.15, -0.1) is 0 Å². The summed E-state index contributed by atoms with van der Waals surface area (Å²) in [5.41, 5.74) is 16.4. The number of rotatable bonds is 8. The van der Waals surface area contributed by atoms with Crippen molar-refractivity contribution in [2.24, 2.45) is 0 Å². The number of hydrogen-bond acceptors (Lipinski definition) is 3. The van der Waals surface area contributed by atoms with E-state index >= 15 is 0 Å². The van der Waals surface area contributed by atoms with Crippen molar-refractivity contribution in [3.8, 4) is 44.5 Å². The molecule has 0 bridgehead atoms. The molecule has 1 aliphatic rings. The summed E-state index contributed by atoms with van der Waals surface area (Å²) < 4.78 is 6.61. The van der Waals surface area contributed by atoms with Gasteiger partial charge in [0, 0.05) is 44.5 Å². The molecule has 1 atom stereocenters. The summed E-state index contributed by atoms with van der Waals surface area (Å²) in [4.78, 5) is 0. The van der Waals surface area contributed by atoms with Crippen molar-refractivity contribution in [1.82, 2.24) is 0 Å². The molecule has 8 aromatic carbocycles. The Bertz CT molecular complexity index is 2920. The minimum atomic E-state index is -0.210. The van der Waals surface area contributed by atoms with Crippen LogP contribution in [0.4, 0.5) is 17.1 Å². The average molecular weight is 721 g/mol. The SMILES string of the molecule is CC1(Nc2ccccc2-c2cccc(-c3ccc(Nc4cccc(-c5ccccc5)c4)c(-c4cccc5c4oc4ccccc45)c3)c2)C=Cc2ccccc2C1. The van der Waals surface area contributed by atoms with E-state index in [9.17, 15) is 0 Å². The van der Waals surface area contributed by atoms with Crippen molar-refractivity contribution in [3.05, 3.63) is 205 Å². The summed E-state index contributed by atoms with van der Waals surface area (Å²) >= 11 is 0. The van der Waals surface area contributed by atoms with Gasteiger partial charge in [0.2, 0.25) is 0 Å². The highest BCUT2D eigenvalue weighted by Gasteiger charge is 2.26. The topological polar surface area (TPSA) is 37.2 Å². The zero-order chi connectivity index (χ0) is 37.5.